The fraction of sp³-hybridized carbons (Fsp3) is 0.391. The fourth-order valence-electron chi connectivity index (χ4n) is 4.34. The molecule has 0 N–H and O–H groups in total. The Kier molecular flexibility index (Phi) is 6.22. The van der Waals surface area contributed by atoms with E-state index in [1.165, 1.54) is 29.2 Å². The number of carbonyl (C=O) groups excluding carboxylic acids is 1. The molecule has 1 unspecified atom stereocenters. The third kappa shape index (κ3) is 4.18. The van der Waals surface area contributed by atoms with Crippen molar-refractivity contribution in [2.75, 3.05) is 24.6 Å². The highest BCUT2D eigenvalue weighted by Crippen LogP contribution is 2.50. The Morgan fingerprint density at radius 2 is 1.66 bits per heavy atom. The molecule has 1 atom stereocenters. The molecule has 3 heterocycles. The molecule has 0 aliphatic carbocycles. The van der Waals surface area contributed by atoms with E-state index >= 15 is 4.39 Å². The molecule has 2 fully saturated rings. The van der Waals surface area contributed by atoms with Crippen molar-refractivity contribution in [1.82, 2.24) is 4.90 Å². The van der Waals surface area contributed by atoms with E-state index in [1.807, 2.05) is 0 Å². The van der Waals surface area contributed by atoms with Crippen molar-refractivity contribution in [3.63, 3.8) is 0 Å². The highest BCUT2D eigenvalue weighted by Gasteiger charge is 2.62. The van der Waals surface area contributed by atoms with E-state index in [0.717, 1.165) is 23.6 Å². The summed E-state index contributed by atoms with van der Waals surface area (Å²) in [5.41, 5.74) is -4.07. The number of rotatable bonds is 4. The largest absolute Gasteiger partial charge is 0.435 e. The lowest BCUT2D eigenvalue weighted by molar-refractivity contribution is -0.275. The van der Waals surface area contributed by atoms with Gasteiger partial charge in [-0.15, -0.1) is 0 Å². The molecule has 1 amide bonds. The molecule has 3 aliphatic heterocycles. The molecule has 186 valence electrons. The van der Waals surface area contributed by atoms with Crippen molar-refractivity contribution in [2.45, 2.75) is 23.9 Å². The van der Waals surface area contributed by atoms with E-state index in [-0.39, 0.29) is 51.3 Å². The summed E-state index contributed by atoms with van der Waals surface area (Å²) in [6, 6.07) is 8.12. The lowest BCUT2D eigenvalue weighted by atomic mass is 9.84. The summed E-state index contributed by atoms with van der Waals surface area (Å²) in [7, 11) is 0. The van der Waals surface area contributed by atoms with Gasteiger partial charge in [-0.25, -0.2) is 4.39 Å². The van der Waals surface area contributed by atoms with Crippen LogP contribution in [-0.2, 0) is 20.9 Å². The zero-order chi connectivity index (χ0) is 25.2. The van der Waals surface area contributed by atoms with Crippen LogP contribution in [-0.4, -0.2) is 47.3 Å². The first-order valence-electron chi connectivity index (χ1n) is 10.6. The number of amides is 1. The van der Waals surface area contributed by atoms with Crippen molar-refractivity contribution in [3.05, 3.63) is 68.2 Å². The summed E-state index contributed by atoms with van der Waals surface area (Å²) >= 11 is 19.5. The zero-order valence-electron chi connectivity index (χ0n) is 17.8. The SMILES string of the molecule is O=C(C1CSC1)N1CC(F)(c2ccc(C3=NOC(c4cc(Cl)c(Cl)c(Cl)c4)(C(F)(F)F)C3)cc2)C1. The standard InChI is InChI=1S/C23H17Cl3F4N2O2S/c24-16-5-15(6-17(25)19(16)26)22(23(28,29)30)7-18(31-34-22)12-1-3-14(4-2-12)21(27)10-32(11-21)20(33)13-8-35-9-13/h1-6,13H,7-11H2. The molecule has 2 aromatic carbocycles. The van der Waals surface area contributed by atoms with Gasteiger partial charge < -0.3 is 9.74 Å². The fourth-order valence-corrected chi connectivity index (χ4v) is 5.69. The second-order valence-corrected chi connectivity index (χ2v) is 11.1. The maximum absolute atomic E-state index is 15.3. The minimum absolute atomic E-state index is 0.0306. The van der Waals surface area contributed by atoms with Crippen molar-refractivity contribution < 1.29 is 27.2 Å². The predicted molar refractivity (Wildman–Crippen MR) is 128 cm³/mol. The molecule has 2 aromatic rings. The van der Waals surface area contributed by atoms with Crippen molar-refractivity contribution in [1.29, 1.82) is 0 Å². The lowest BCUT2D eigenvalue weighted by Crippen LogP contribution is -2.61. The van der Waals surface area contributed by atoms with Gasteiger partial charge in [-0.3, -0.25) is 4.79 Å². The van der Waals surface area contributed by atoms with Gasteiger partial charge in [0, 0.05) is 23.5 Å². The summed E-state index contributed by atoms with van der Waals surface area (Å²) in [5, 5.41) is 3.36. The number of nitrogens with zero attached hydrogens (tertiary/aromatic N) is 2. The van der Waals surface area contributed by atoms with Crippen LogP contribution in [0.3, 0.4) is 0 Å². The van der Waals surface area contributed by atoms with Gasteiger partial charge in [0.2, 0.25) is 5.91 Å². The molecule has 0 saturated carbocycles. The summed E-state index contributed by atoms with van der Waals surface area (Å²) in [4.78, 5) is 18.8. The molecule has 0 aromatic heterocycles. The number of oxime groups is 1. The minimum Gasteiger partial charge on any atom is -0.374 e. The van der Waals surface area contributed by atoms with Crippen LogP contribution >= 0.6 is 46.6 Å². The maximum Gasteiger partial charge on any atom is 0.435 e. The van der Waals surface area contributed by atoms with E-state index in [9.17, 15) is 18.0 Å². The summed E-state index contributed by atoms with van der Waals surface area (Å²) in [6.07, 6.45) is -5.48. The normalized spacial score (nSPS) is 23.9. The van der Waals surface area contributed by atoms with Crippen molar-refractivity contribution in [3.8, 4) is 0 Å². The molecule has 3 aliphatic rings. The van der Waals surface area contributed by atoms with Crippen LogP contribution in [0.15, 0.2) is 41.6 Å². The van der Waals surface area contributed by atoms with E-state index in [2.05, 4.69) is 5.16 Å². The minimum atomic E-state index is -4.84. The molecule has 4 nitrogen and oxygen atoms in total. The highest BCUT2D eigenvalue weighted by atomic mass is 35.5. The van der Waals surface area contributed by atoms with E-state index < -0.39 is 23.9 Å². The van der Waals surface area contributed by atoms with Gasteiger partial charge in [0.15, 0.2) is 5.67 Å². The van der Waals surface area contributed by atoms with Crippen LogP contribution < -0.4 is 0 Å². The van der Waals surface area contributed by atoms with Gasteiger partial charge in [0.05, 0.1) is 39.8 Å². The van der Waals surface area contributed by atoms with Crippen LogP contribution in [0.4, 0.5) is 17.6 Å². The molecule has 5 rings (SSSR count). The first-order chi connectivity index (χ1) is 16.4. The zero-order valence-corrected chi connectivity index (χ0v) is 20.9. The van der Waals surface area contributed by atoms with Crippen LogP contribution in [0.25, 0.3) is 0 Å². The number of halogens is 7. The molecular weight excluding hydrogens is 551 g/mol. The number of alkyl halides is 4. The van der Waals surface area contributed by atoms with E-state index in [4.69, 9.17) is 39.6 Å². The number of hydrogen-bond donors (Lipinski definition) is 0. The third-order valence-electron chi connectivity index (χ3n) is 6.55. The summed E-state index contributed by atoms with van der Waals surface area (Å²) in [6.45, 7) is -0.0721. The molecular formula is C23H17Cl3F4N2O2S. The first-order valence-corrected chi connectivity index (χ1v) is 12.9. The summed E-state index contributed by atoms with van der Waals surface area (Å²) < 4.78 is 58.0. The van der Waals surface area contributed by atoms with Crippen molar-refractivity contribution >= 4 is 58.2 Å². The van der Waals surface area contributed by atoms with Crippen LogP contribution in [0.5, 0.6) is 0 Å². The second kappa shape index (κ2) is 8.71. The second-order valence-electron chi connectivity index (χ2n) is 8.86. The van der Waals surface area contributed by atoms with Crippen LogP contribution in [0.1, 0.15) is 23.1 Å². The van der Waals surface area contributed by atoms with Crippen LogP contribution in [0.2, 0.25) is 15.1 Å². The van der Waals surface area contributed by atoms with Gasteiger partial charge in [0.1, 0.15) is 0 Å². The number of benzene rings is 2. The Morgan fingerprint density at radius 3 is 2.17 bits per heavy atom. The molecule has 0 bridgehead atoms. The Hall–Kier alpha value is -1.68. The molecule has 2 saturated heterocycles. The Balaban J connectivity index is 1.34. The van der Waals surface area contributed by atoms with Gasteiger partial charge in [-0.2, -0.15) is 24.9 Å². The maximum atomic E-state index is 15.3. The number of thioether (sulfide) groups is 1. The quantitative estimate of drug-likeness (QED) is 0.309. The average molecular weight is 568 g/mol. The van der Waals surface area contributed by atoms with Gasteiger partial charge >= 0.3 is 6.18 Å². The molecule has 0 radical (unpaired) electrons. The Labute approximate surface area is 217 Å². The number of hydrogen-bond acceptors (Lipinski definition) is 4. The summed E-state index contributed by atoms with van der Waals surface area (Å²) in [5.74, 6) is 1.46. The lowest BCUT2D eigenvalue weighted by Gasteiger charge is -2.46. The molecule has 0 spiro atoms. The van der Waals surface area contributed by atoms with Gasteiger partial charge in [0.25, 0.3) is 5.60 Å². The predicted octanol–water partition coefficient (Wildman–Crippen LogP) is 6.60. The third-order valence-corrected chi connectivity index (χ3v) is 9.03. The smallest absolute Gasteiger partial charge is 0.374 e. The van der Waals surface area contributed by atoms with E-state index in [0.29, 0.717) is 11.1 Å². The number of likely N-dealkylation sites (tertiary alicyclic amines) is 1. The van der Waals surface area contributed by atoms with E-state index in [1.54, 1.807) is 11.8 Å². The highest BCUT2D eigenvalue weighted by molar-refractivity contribution is 8.00. The molecule has 12 heteroatoms. The topological polar surface area (TPSA) is 41.9 Å². The number of carbonyl (C=O) groups is 1. The molecule has 35 heavy (non-hydrogen) atoms. The Bertz CT molecular complexity index is 1190. The first kappa shape index (κ1) is 25.0. The van der Waals surface area contributed by atoms with Gasteiger partial charge in [-0.1, -0.05) is 64.2 Å². The van der Waals surface area contributed by atoms with Crippen molar-refractivity contribution in [2.24, 2.45) is 11.1 Å². The van der Waals surface area contributed by atoms with Gasteiger partial charge in [-0.05, 0) is 23.3 Å². The Morgan fingerprint density at radius 1 is 1.06 bits per heavy atom. The van der Waals surface area contributed by atoms with Crippen LogP contribution in [0, 0.1) is 5.92 Å². The average Bonchev–Trinajstić information content (AvgIpc) is 3.21. The monoisotopic (exact) mass is 566 g/mol.